The largest absolute Gasteiger partial charge is 0.452 e. The summed E-state index contributed by atoms with van der Waals surface area (Å²) in [5.41, 5.74) is 6.07. The van der Waals surface area contributed by atoms with Crippen molar-refractivity contribution in [2.24, 2.45) is 0 Å². The topological polar surface area (TPSA) is 26.3 Å². The lowest BCUT2D eigenvalue weighted by Crippen LogP contribution is -1.88. The molecule has 118 valence electrons. The lowest BCUT2D eigenvalue weighted by Gasteiger charge is -2.07. The maximum absolute atomic E-state index is 6.22. The van der Waals surface area contributed by atoms with Crippen molar-refractivity contribution in [1.82, 2.24) is 0 Å². The van der Waals surface area contributed by atoms with E-state index in [1.54, 1.807) is 0 Å². The van der Waals surface area contributed by atoms with Gasteiger partial charge in [-0.2, -0.15) is 0 Å². The second-order valence-electron chi connectivity index (χ2n) is 6.90. The third-order valence-corrected chi connectivity index (χ3v) is 4.90. The van der Waals surface area contributed by atoms with Crippen LogP contribution in [0.2, 0.25) is 0 Å². The molecule has 0 atom stereocenters. The van der Waals surface area contributed by atoms with E-state index >= 15 is 0 Å². The Morgan fingerprint density at radius 2 is 1.54 bits per heavy atom. The van der Waals surface area contributed by atoms with Crippen LogP contribution in [-0.4, -0.2) is 0 Å². The first-order chi connectivity index (χ1) is 11.6. The number of rotatable bonds is 1. The number of hydrogen-bond donors (Lipinski definition) is 0. The fourth-order valence-corrected chi connectivity index (χ4v) is 3.71. The van der Waals surface area contributed by atoms with Crippen LogP contribution in [0.15, 0.2) is 57.4 Å². The van der Waals surface area contributed by atoms with Crippen LogP contribution in [-0.2, 0) is 0 Å². The molecule has 3 aromatic carbocycles. The van der Waals surface area contributed by atoms with Crippen molar-refractivity contribution in [3.05, 3.63) is 59.7 Å². The zero-order valence-corrected chi connectivity index (χ0v) is 14.0. The van der Waals surface area contributed by atoms with Crippen molar-refractivity contribution in [1.29, 1.82) is 0 Å². The first kappa shape index (κ1) is 13.7. The van der Waals surface area contributed by atoms with Crippen LogP contribution in [0, 0.1) is 6.92 Å². The molecule has 5 rings (SSSR count). The molecule has 0 spiro atoms. The molecule has 0 radical (unpaired) electrons. The van der Waals surface area contributed by atoms with E-state index in [1.807, 2.05) is 12.1 Å². The Bertz CT molecular complexity index is 1240. The Morgan fingerprint density at radius 3 is 2.38 bits per heavy atom. The third kappa shape index (κ3) is 1.71. The van der Waals surface area contributed by atoms with E-state index in [2.05, 4.69) is 57.2 Å². The fraction of sp³-hybridized carbons (Fsp3) is 0.182. The zero-order chi connectivity index (χ0) is 16.4. The first-order valence-corrected chi connectivity index (χ1v) is 8.40. The van der Waals surface area contributed by atoms with Crippen molar-refractivity contribution in [2.75, 3.05) is 0 Å². The van der Waals surface area contributed by atoms with Crippen molar-refractivity contribution in [3.8, 4) is 0 Å². The van der Waals surface area contributed by atoms with Gasteiger partial charge in [0.05, 0.1) is 0 Å². The highest BCUT2D eigenvalue weighted by molar-refractivity contribution is 6.20. The number of fused-ring (bicyclic) bond motifs is 7. The summed E-state index contributed by atoms with van der Waals surface area (Å²) in [6.07, 6.45) is 0. The third-order valence-electron chi connectivity index (χ3n) is 4.90. The van der Waals surface area contributed by atoms with Gasteiger partial charge < -0.3 is 8.83 Å². The highest BCUT2D eigenvalue weighted by Gasteiger charge is 2.20. The highest BCUT2D eigenvalue weighted by Crippen LogP contribution is 2.42. The molecule has 2 heteroatoms. The van der Waals surface area contributed by atoms with Crippen LogP contribution < -0.4 is 0 Å². The van der Waals surface area contributed by atoms with Crippen LogP contribution in [0.5, 0.6) is 0 Å². The maximum Gasteiger partial charge on any atom is 0.178 e. The number of aryl methyl sites for hydroxylation is 1. The van der Waals surface area contributed by atoms with E-state index in [4.69, 9.17) is 8.83 Å². The van der Waals surface area contributed by atoms with Gasteiger partial charge in [-0.15, -0.1) is 0 Å². The van der Waals surface area contributed by atoms with Gasteiger partial charge in [0.1, 0.15) is 11.2 Å². The molecule has 2 nitrogen and oxygen atoms in total. The maximum atomic E-state index is 6.22. The summed E-state index contributed by atoms with van der Waals surface area (Å²) in [4.78, 5) is 0. The van der Waals surface area contributed by atoms with Gasteiger partial charge in [0.25, 0.3) is 0 Å². The average molecular weight is 314 g/mol. The minimum atomic E-state index is 0.410. The zero-order valence-electron chi connectivity index (χ0n) is 14.0. The second-order valence-corrected chi connectivity index (χ2v) is 6.90. The number of benzene rings is 3. The molecule has 0 fully saturated rings. The number of para-hydroxylation sites is 1. The lowest BCUT2D eigenvalue weighted by molar-refractivity contribution is 0.632. The molecule has 0 aliphatic carbocycles. The van der Waals surface area contributed by atoms with Gasteiger partial charge in [0.15, 0.2) is 11.2 Å². The number of furan rings is 2. The highest BCUT2D eigenvalue weighted by atomic mass is 16.4. The van der Waals surface area contributed by atoms with E-state index < -0.39 is 0 Å². The molecule has 5 aromatic rings. The lowest BCUT2D eigenvalue weighted by atomic mass is 9.95. The molecule has 0 unspecified atom stereocenters. The van der Waals surface area contributed by atoms with Gasteiger partial charge in [0.2, 0.25) is 0 Å². The average Bonchev–Trinajstić information content (AvgIpc) is 3.11. The predicted octanol–water partition coefficient (Wildman–Crippen LogP) is 6.92. The Balaban J connectivity index is 2.08. The summed E-state index contributed by atoms with van der Waals surface area (Å²) in [6.45, 7) is 6.55. The summed E-state index contributed by atoms with van der Waals surface area (Å²) in [5, 5.41) is 4.64. The quantitative estimate of drug-likeness (QED) is 0.336. The molecule has 0 saturated carbocycles. The summed E-state index contributed by atoms with van der Waals surface area (Å²) in [7, 11) is 0. The van der Waals surface area contributed by atoms with Gasteiger partial charge in [-0.05, 0) is 42.2 Å². The van der Waals surface area contributed by atoms with Crippen LogP contribution in [0.3, 0.4) is 0 Å². The Labute approximate surface area is 139 Å². The second kappa shape index (κ2) is 4.64. The molecule has 0 amide bonds. The van der Waals surface area contributed by atoms with Crippen molar-refractivity contribution in [3.63, 3.8) is 0 Å². The van der Waals surface area contributed by atoms with Crippen LogP contribution in [0.25, 0.3) is 43.9 Å². The normalized spacial score (nSPS) is 12.3. The Morgan fingerprint density at radius 1 is 0.750 bits per heavy atom. The number of hydrogen-bond acceptors (Lipinski definition) is 2. The molecule has 0 aliphatic rings. The fourth-order valence-electron chi connectivity index (χ4n) is 3.71. The van der Waals surface area contributed by atoms with Crippen LogP contribution in [0.4, 0.5) is 0 Å². The first-order valence-electron chi connectivity index (χ1n) is 8.40. The van der Waals surface area contributed by atoms with Crippen molar-refractivity contribution >= 4 is 43.9 Å². The van der Waals surface area contributed by atoms with Crippen LogP contribution in [0.1, 0.15) is 30.9 Å². The van der Waals surface area contributed by atoms with E-state index in [9.17, 15) is 0 Å². The van der Waals surface area contributed by atoms with Gasteiger partial charge in [0, 0.05) is 21.5 Å². The Hall–Kier alpha value is -2.74. The van der Waals surface area contributed by atoms with Gasteiger partial charge in [-0.25, -0.2) is 0 Å². The summed E-state index contributed by atoms with van der Waals surface area (Å²) in [5.74, 6) is 0.410. The Kier molecular flexibility index (Phi) is 2.64. The molecular weight excluding hydrogens is 296 g/mol. The van der Waals surface area contributed by atoms with E-state index in [-0.39, 0.29) is 0 Å². The van der Waals surface area contributed by atoms with E-state index in [0.29, 0.717) is 5.92 Å². The van der Waals surface area contributed by atoms with Crippen molar-refractivity contribution in [2.45, 2.75) is 26.7 Å². The van der Waals surface area contributed by atoms with Crippen molar-refractivity contribution < 1.29 is 8.83 Å². The minimum Gasteiger partial charge on any atom is -0.452 e. The molecule has 0 aliphatic heterocycles. The van der Waals surface area contributed by atoms with Crippen LogP contribution >= 0.6 is 0 Å². The van der Waals surface area contributed by atoms with Gasteiger partial charge >= 0.3 is 0 Å². The van der Waals surface area contributed by atoms with Gasteiger partial charge in [-0.3, -0.25) is 0 Å². The van der Waals surface area contributed by atoms with Gasteiger partial charge in [-0.1, -0.05) is 44.2 Å². The molecular formula is C22H18O2. The minimum absolute atomic E-state index is 0.410. The molecule has 0 saturated heterocycles. The predicted molar refractivity (Wildman–Crippen MR) is 99.8 cm³/mol. The summed E-state index contributed by atoms with van der Waals surface area (Å²) in [6, 6.07) is 16.9. The smallest absolute Gasteiger partial charge is 0.178 e. The SMILES string of the molecule is Cc1ccc2c(c1)oc1c2cc(C(C)C)c2c3ccccc3oc12. The molecule has 2 aromatic heterocycles. The molecule has 0 N–H and O–H groups in total. The molecule has 2 heterocycles. The summed E-state index contributed by atoms with van der Waals surface area (Å²) < 4.78 is 12.4. The summed E-state index contributed by atoms with van der Waals surface area (Å²) >= 11 is 0. The molecule has 0 bridgehead atoms. The van der Waals surface area contributed by atoms with E-state index in [0.717, 1.165) is 38.5 Å². The standard InChI is InChI=1S/C22H18O2/c1-12(2)16-11-17-14-9-8-13(3)10-19(14)24-21(17)22-20(16)15-6-4-5-7-18(15)23-22/h4-12H,1-3H3. The van der Waals surface area contributed by atoms with E-state index in [1.165, 1.54) is 16.5 Å². The molecule has 24 heavy (non-hydrogen) atoms. The monoisotopic (exact) mass is 314 g/mol.